The average Bonchev–Trinajstić information content (AvgIpc) is 2.59. The number of nitrogens with zero attached hydrogens (tertiary/aromatic N) is 1. The average molecular weight is 330 g/mol. The number of pyridine rings is 1. The summed E-state index contributed by atoms with van der Waals surface area (Å²) in [6.07, 6.45) is 3.30. The van der Waals surface area contributed by atoms with Crippen LogP contribution in [0, 0.1) is 12.7 Å². The van der Waals surface area contributed by atoms with E-state index in [0.29, 0.717) is 12.8 Å². The molecule has 0 saturated carbocycles. The Morgan fingerprint density at radius 3 is 2.75 bits per heavy atom. The molecule has 0 atom stereocenters. The number of methoxy groups -OCH3 is 1. The lowest BCUT2D eigenvalue weighted by Gasteiger charge is -2.11. The molecule has 0 spiro atoms. The number of hydrogen-bond acceptors (Lipinski definition) is 4. The summed E-state index contributed by atoms with van der Waals surface area (Å²) in [6.45, 7) is 1.54. The molecule has 24 heavy (non-hydrogen) atoms. The molecule has 0 bridgehead atoms. The Morgan fingerprint density at radius 2 is 2.08 bits per heavy atom. The minimum absolute atomic E-state index is 0.0596. The summed E-state index contributed by atoms with van der Waals surface area (Å²) < 4.78 is 18.5. The summed E-state index contributed by atoms with van der Waals surface area (Å²) in [6, 6.07) is 8.14. The van der Waals surface area contributed by atoms with Gasteiger partial charge in [-0.2, -0.15) is 0 Å². The Labute approximate surface area is 139 Å². The topological polar surface area (TPSA) is 68.3 Å². The van der Waals surface area contributed by atoms with Crippen LogP contribution in [-0.2, 0) is 16.0 Å². The highest BCUT2D eigenvalue weighted by Crippen LogP contribution is 2.21. The SMILES string of the molecule is COC(=O)c1cc(F)c(C)c(NC(=O)CCCc2ccccn2)c1. The standard InChI is InChI=1S/C18H19FN2O3/c1-12-15(19)10-13(18(23)24-2)11-16(12)21-17(22)8-5-7-14-6-3-4-9-20-14/h3-4,6,9-11H,5,7-8H2,1-2H3,(H,21,22). The number of aromatic nitrogens is 1. The van der Waals surface area contributed by atoms with E-state index in [-0.39, 0.29) is 29.1 Å². The highest BCUT2D eigenvalue weighted by molar-refractivity contribution is 5.95. The van der Waals surface area contributed by atoms with Crippen LogP contribution in [-0.4, -0.2) is 24.0 Å². The van der Waals surface area contributed by atoms with Gasteiger partial charge < -0.3 is 10.1 Å². The van der Waals surface area contributed by atoms with Gasteiger partial charge in [-0.1, -0.05) is 6.07 Å². The predicted octanol–water partition coefficient (Wildman–Crippen LogP) is 3.28. The number of esters is 1. The highest BCUT2D eigenvalue weighted by Gasteiger charge is 2.14. The van der Waals surface area contributed by atoms with E-state index < -0.39 is 11.8 Å². The van der Waals surface area contributed by atoms with Crippen molar-refractivity contribution in [2.75, 3.05) is 12.4 Å². The van der Waals surface area contributed by atoms with Crippen molar-refractivity contribution >= 4 is 17.6 Å². The minimum atomic E-state index is -0.653. The Balaban J connectivity index is 1.98. The van der Waals surface area contributed by atoms with Crippen LogP contribution in [0.2, 0.25) is 0 Å². The van der Waals surface area contributed by atoms with Crippen molar-refractivity contribution in [3.63, 3.8) is 0 Å². The van der Waals surface area contributed by atoms with Gasteiger partial charge in [0.25, 0.3) is 0 Å². The largest absolute Gasteiger partial charge is 0.465 e. The van der Waals surface area contributed by atoms with Crippen molar-refractivity contribution in [3.05, 3.63) is 59.2 Å². The van der Waals surface area contributed by atoms with Gasteiger partial charge in [-0.15, -0.1) is 0 Å². The molecule has 2 aromatic rings. The second-order valence-corrected chi connectivity index (χ2v) is 5.35. The first-order valence-corrected chi connectivity index (χ1v) is 7.59. The van der Waals surface area contributed by atoms with E-state index in [1.165, 1.54) is 13.2 Å². The summed E-state index contributed by atoms with van der Waals surface area (Å²) in [5, 5.41) is 2.65. The van der Waals surface area contributed by atoms with E-state index in [9.17, 15) is 14.0 Å². The van der Waals surface area contributed by atoms with Crippen LogP contribution in [0.15, 0.2) is 36.5 Å². The summed E-state index contributed by atoms with van der Waals surface area (Å²) >= 11 is 0. The van der Waals surface area contributed by atoms with Gasteiger partial charge in [0.1, 0.15) is 5.82 Å². The zero-order chi connectivity index (χ0) is 17.5. The van der Waals surface area contributed by atoms with Gasteiger partial charge in [-0.25, -0.2) is 9.18 Å². The van der Waals surface area contributed by atoms with Crippen molar-refractivity contribution in [1.82, 2.24) is 4.98 Å². The smallest absolute Gasteiger partial charge is 0.338 e. The van der Waals surface area contributed by atoms with Crippen LogP contribution >= 0.6 is 0 Å². The number of nitrogens with one attached hydrogen (secondary N) is 1. The first-order valence-electron chi connectivity index (χ1n) is 7.59. The van der Waals surface area contributed by atoms with Crippen LogP contribution in [0.3, 0.4) is 0 Å². The van der Waals surface area contributed by atoms with Crippen molar-refractivity contribution in [2.45, 2.75) is 26.2 Å². The molecule has 0 unspecified atom stereocenters. The Morgan fingerprint density at radius 1 is 1.29 bits per heavy atom. The van der Waals surface area contributed by atoms with Crippen molar-refractivity contribution in [2.24, 2.45) is 0 Å². The maximum atomic E-state index is 13.9. The molecule has 0 aliphatic rings. The fraction of sp³-hybridized carbons (Fsp3) is 0.278. The molecule has 5 nitrogen and oxygen atoms in total. The highest BCUT2D eigenvalue weighted by atomic mass is 19.1. The van der Waals surface area contributed by atoms with Gasteiger partial charge in [0.15, 0.2) is 0 Å². The predicted molar refractivity (Wildman–Crippen MR) is 88.3 cm³/mol. The van der Waals surface area contributed by atoms with Gasteiger partial charge in [0, 0.05) is 29.6 Å². The molecular formula is C18H19FN2O3. The van der Waals surface area contributed by atoms with Crippen molar-refractivity contribution < 1.29 is 18.7 Å². The molecule has 1 amide bonds. The summed E-state index contributed by atoms with van der Waals surface area (Å²) in [4.78, 5) is 27.8. The van der Waals surface area contributed by atoms with Gasteiger partial charge in [-0.3, -0.25) is 9.78 Å². The van der Waals surface area contributed by atoms with Crippen LogP contribution in [0.5, 0.6) is 0 Å². The molecule has 1 aromatic heterocycles. The maximum Gasteiger partial charge on any atom is 0.338 e. The third kappa shape index (κ3) is 4.62. The lowest BCUT2D eigenvalue weighted by atomic mass is 10.1. The fourth-order valence-corrected chi connectivity index (χ4v) is 2.23. The minimum Gasteiger partial charge on any atom is -0.465 e. The van der Waals surface area contributed by atoms with E-state index in [2.05, 4.69) is 15.0 Å². The van der Waals surface area contributed by atoms with Crippen LogP contribution in [0.1, 0.15) is 34.5 Å². The molecule has 0 fully saturated rings. The lowest BCUT2D eigenvalue weighted by molar-refractivity contribution is -0.116. The Kier molecular flexibility index (Phi) is 6.01. The van der Waals surface area contributed by atoms with Crippen molar-refractivity contribution in [1.29, 1.82) is 0 Å². The van der Waals surface area contributed by atoms with E-state index in [1.807, 2.05) is 18.2 Å². The Bertz CT molecular complexity index is 733. The van der Waals surface area contributed by atoms with Crippen LogP contribution in [0.4, 0.5) is 10.1 Å². The summed E-state index contributed by atoms with van der Waals surface area (Å²) in [5.74, 6) is -1.46. The molecule has 126 valence electrons. The first kappa shape index (κ1) is 17.6. The normalized spacial score (nSPS) is 10.3. The number of hydrogen-bond donors (Lipinski definition) is 1. The number of aryl methyl sites for hydroxylation is 1. The molecule has 1 heterocycles. The number of rotatable bonds is 6. The van der Waals surface area contributed by atoms with Gasteiger partial charge >= 0.3 is 5.97 Å². The van der Waals surface area contributed by atoms with E-state index in [1.54, 1.807) is 13.1 Å². The van der Waals surface area contributed by atoms with E-state index >= 15 is 0 Å². The zero-order valence-electron chi connectivity index (χ0n) is 13.6. The summed E-state index contributed by atoms with van der Waals surface area (Å²) in [7, 11) is 1.22. The number of amides is 1. The Hall–Kier alpha value is -2.76. The quantitative estimate of drug-likeness (QED) is 0.825. The second kappa shape index (κ2) is 8.19. The first-order chi connectivity index (χ1) is 11.5. The molecule has 6 heteroatoms. The summed E-state index contributed by atoms with van der Waals surface area (Å²) in [5.41, 5.74) is 1.53. The molecule has 0 aliphatic heterocycles. The number of carbonyl (C=O) groups is 2. The molecular weight excluding hydrogens is 311 g/mol. The zero-order valence-corrected chi connectivity index (χ0v) is 13.6. The molecule has 0 aliphatic carbocycles. The number of benzene rings is 1. The molecule has 1 aromatic carbocycles. The number of ether oxygens (including phenoxy) is 1. The van der Waals surface area contributed by atoms with Gasteiger partial charge in [0.05, 0.1) is 12.7 Å². The lowest BCUT2D eigenvalue weighted by Crippen LogP contribution is -2.14. The van der Waals surface area contributed by atoms with E-state index in [0.717, 1.165) is 11.8 Å². The maximum absolute atomic E-state index is 13.9. The molecule has 0 radical (unpaired) electrons. The van der Waals surface area contributed by atoms with Gasteiger partial charge in [-0.05, 0) is 44.0 Å². The molecule has 0 saturated heterocycles. The monoisotopic (exact) mass is 330 g/mol. The van der Waals surface area contributed by atoms with E-state index in [4.69, 9.17) is 0 Å². The molecule has 2 rings (SSSR count). The van der Waals surface area contributed by atoms with Crippen LogP contribution in [0.25, 0.3) is 0 Å². The van der Waals surface area contributed by atoms with Crippen LogP contribution < -0.4 is 5.32 Å². The second-order valence-electron chi connectivity index (χ2n) is 5.35. The number of halogens is 1. The molecule has 1 N–H and O–H groups in total. The van der Waals surface area contributed by atoms with Crippen molar-refractivity contribution in [3.8, 4) is 0 Å². The third-order valence-corrected chi connectivity index (χ3v) is 3.60. The third-order valence-electron chi connectivity index (χ3n) is 3.60. The fourth-order valence-electron chi connectivity index (χ4n) is 2.23. The number of anilines is 1. The number of carbonyl (C=O) groups excluding carboxylic acids is 2. The van der Waals surface area contributed by atoms with Gasteiger partial charge in [0.2, 0.25) is 5.91 Å².